The quantitative estimate of drug-likeness (QED) is 0.742. The van der Waals surface area contributed by atoms with Crippen LogP contribution in [-0.4, -0.2) is 82.0 Å². The van der Waals surface area contributed by atoms with E-state index in [1.165, 1.54) is 6.42 Å². The maximum absolute atomic E-state index is 13.3. The van der Waals surface area contributed by atoms with Gasteiger partial charge in [0.1, 0.15) is 0 Å². The molecule has 2 heterocycles. The Kier molecular flexibility index (Phi) is 4.68. The lowest BCUT2D eigenvalue weighted by atomic mass is 9.68. The summed E-state index contributed by atoms with van der Waals surface area (Å²) in [4.78, 5) is 2.53. The van der Waals surface area contributed by atoms with Crippen LogP contribution in [-0.2, 0) is 19.5 Å². The number of rotatable bonds is 4. The Labute approximate surface area is 151 Å². The molecule has 0 amide bonds. The number of fused-ring (bicyclic) bond motifs is 2. The molecule has 4 aliphatic rings. The number of ether oxygens (including phenoxy) is 2. The first-order valence-corrected chi connectivity index (χ1v) is 11.4. The van der Waals surface area contributed by atoms with Gasteiger partial charge in [0, 0.05) is 37.6 Å². The molecule has 7 heteroatoms. The molecule has 0 radical (unpaired) electrons. The number of sulfonamides is 1. The maximum atomic E-state index is 13.3. The zero-order valence-electron chi connectivity index (χ0n) is 15.6. The van der Waals surface area contributed by atoms with Gasteiger partial charge in [-0.25, -0.2) is 8.42 Å². The molecule has 0 unspecified atom stereocenters. The molecular formula is C18H32N2O4S. The van der Waals surface area contributed by atoms with Crippen LogP contribution in [0.2, 0.25) is 0 Å². The van der Waals surface area contributed by atoms with E-state index in [2.05, 4.69) is 18.7 Å². The SMILES string of the molecule is CC1(C)[C@@H]2CC[C@@]1(CS(=O)(=O)N1CCOCC1)[C@H](N1CCOCC1)C2. The van der Waals surface area contributed by atoms with Gasteiger partial charge in [0.2, 0.25) is 10.0 Å². The molecule has 0 aromatic carbocycles. The van der Waals surface area contributed by atoms with Gasteiger partial charge in [-0.15, -0.1) is 0 Å². The van der Waals surface area contributed by atoms with Crippen molar-refractivity contribution in [1.82, 2.24) is 9.21 Å². The number of morpholine rings is 2. The molecule has 0 aromatic rings. The molecule has 4 fully saturated rings. The van der Waals surface area contributed by atoms with Crippen LogP contribution in [0.5, 0.6) is 0 Å². The lowest BCUT2D eigenvalue weighted by molar-refractivity contribution is -0.0261. The third-order valence-electron chi connectivity index (χ3n) is 7.68. The van der Waals surface area contributed by atoms with E-state index in [1.807, 2.05) is 0 Å². The van der Waals surface area contributed by atoms with Gasteiger partial charge in [-0.1, -0.05) is 13.8 Å². The normalized spacial score (nSPS) is 39.8. The van der Waals surface area contributed by atoms with Gasteiger partial charge in [-0.3, -0.25) is 4.90 Å². The van der Waals surface area contributed by atoms with Crippen molar-refractivity contribution in [2.75, 3.05) is 58.4 Å². The van der Waals surface area contributed by atoms with E-state index in [1.54, 1.807) is 4.31 Å². The van der Waals surface area contributed by atoms with E-state index in [-0.39, 0.29) is 10.8 Å². The third-order valence-corrected chi connectivity index (χ3v) is 9.71. The second kappa shape index (κ2) is 6.44. The summed E-state index contributed by atoms with van der Waals surface area (Å²) in [7, 11) is -3.26. The molecule has 2 saturated heterocycles. The second-order valence-corrected chi connectivity index (χ2v) is 10.7. The predicted molar refractivity (Wildman–Crippen MR) is 95.9 cm³/mol. The van der Waals surface area contributed by atoms with Crippen molar-refractivity contribution in [2.24, 2.45) is 16.7 Å². The summed E-state index contributed by atoms with van der Waals surface area (Å²) in [5.74, 6) is 0.936. The molecule has 6 nitrogen and oxygen atoms in total. The number of nitrogens with zero attached hydrogens (tertiary/aromatic N) is 2. The highest BCUT2D eigenvalue weighted by atomic mass is 32.2. The molecule has 2 bridgehead atoms. The fourth-order valence-electron chi connectivity index (χ4n) is 6.01. The number of hydrogen-bond donors (Lipinski definition) is 0. The highest BCUT2D eigenvalue weighted by Crippen LogP contribution is 2.67. The topological polar surface area (TPSA) is 59.1 Å². The Morgan fingerprint density at radius 2 is 1.60 bits per heavy atom. The lowest BCUT2D eigenvalue weighted by Gasteiger charge is -2.48. The summed E-state index contributed by atoms with van der Waals surface area (Å²) in [6.45, 7) is 10.1. The predicted octanol–water partition coefficient (Wildman–Crippen LogP) is 1.18. The molecule has 2 saturated carbocycles. The van der Waals surface area contributed by atoms with E-state index >= 15 is 0 Å². The molecule has 0 aromatic heterocycles. The van der Waals surface area contributed by atoms with Gasteiger partial charge in [-0.05, 0) is 30.6 Å². The van der Waals surface area contributed by atoms with Crippen LogP contribution < -0.4 is 0 Å². The Balaban J connectivity index is 1.62. The summed E-state index contributed by atoms with van der Waals surface area (Å²) in [6, 6.07) is 0.376. The maximum Gasteiger partial charge on any atom is 0.214 e. The van der Waals surface area contributed by atoms with Gasteiger partial charge >= 0.3 is 0 Å². The van der Waals surface area contributed by atoms with Gasteiger partial charge < -0.3 is 9.47 Å². The Bertz CT molecular complexity index is 596. The molecule has 2 aliphatic heterocycles. The Morgan fingerprint density at radius 3 is 2.20 bits per heavy atom. The minimum Gasteiger partial charge on any atom is -0.379 e. The van der Waals surface area contributed by atoms with Crippen LogP contribution in [0.3, 0.4) is 0 Å². The van der Waals surface area contributed by atoms with Crippen LogP contribution in [0.15, 0.2) is 0 Å². The Hall–Kier alpha value is -0.210. The van der Waals surface area contributed by atoms with Crippen molar-refractivity contribution < 1.29 is 17.9 Å². The van der Waals surface area contributed by atoms with E-state index in [4.69, 9.17) is 9.47 Å². The van der Waals surface area contributed by atoms with Crippen LogP contribution in [0.4, 0.5) is 0 Å². The van der Waals surface area contributed by atoms with Gasteiger partial charge in [0.05, 0.1) is 32.2 Å². The van der Waals surface area contributed by atoms with Crippen molar-refractivity contribution in [2.45, 2.75) is 39.2 Å². The van der Waals surface area contributed by atoms with Gasteiger partial charge in [0.25, 0.3) is 0 Å². The van der Waals surface area contributed by atoms with Crippen LogP contribution in [0.1, 0.15) is 33.1 Å². The lowest BCUT2D eigenvalue weighted by Crippen LogP contribution is -2.56. The third kappa shape index (κ3) is 2.87. The van der Waals surface area contributed by atoms with Crippen LogP contribution in [0, 0.1) is 16.7 Å². The van der Waals surface area contributed by atoms with Crippen molar-refractivity contribution in [1.29, 1.82) is 0 Å². The number of hydrogen-bond acceptors (Lipinski definition) is 5. The molecule has 3 atom stereocenters. The summed E-state index contributed by atoms with van der Waals surface area (Å²) in [5.41, 5.74) is -0.0541. The van der Waals surface area contributed by atoms with Crippen LogP contribution >= 0.6 is 0 Å². The zero-order chi connectivity index (χ0) is 17.7. The van der Waals surface area contributed by atoms with Gasteiger partial charge in [-0.2, -0.15) is 4.31 Å². The van der Waals surface area contributed by atoms with E-state index in [0.29, 0.717) is 44.0 Å². The highest BCUT2D eigenvalue weighted by Gasteiger charge is 2.66. The first-order valence-electron chi connectivity index (χ1n) is 9.74. The minimum absolute atomic E-state index is 0.0787. The monoisotopic (exact) mass is 372 g/mol. The fourth-order valence-corrected chi connectivity index (χ4v) is 8.26. The zero-order valence-corrected chi connectivity index (χ0v) is 16.4. The van der Waals surface area contributed by atoms with E-state index in [9.17, 15) is 8.42 Å². The largest absolute Gasteiger partial charge is 0.379 e. The summed E-state index contributed by atoms with van der Waals surface area (Å²) in [6.07, 6.45) is 3.36. The average molecular weight is 373 g/mol. The Morgan fingerprint density at radius 1 is 1.00 bits per heavy atom. The first kappa shape index (κ1) is 18.2. The van der Waals surface area contributed by atoms with Crippen molar-refractivity contribution in [3.05, 3.63) is 0 Å². The molecule has 4 rings (SSSR count). The van der Waals surface area contributed by atoms with Gasteiger partial charge in [0.15, 0.2) is 0 Å². The average Bonchev–Trinajstić information content (AvgIpc) is 2.97. The molecule has 144 valence electrons. The smallest absolute Gasteiger partial charge is 0.214 e. The first-order chi connectivity index (χ1) is 11.9. The van der Waals surface area contributed by atoms with Crippen molar-refractivity contribution in [3.8, 4) is 0 Å². The summed E-state index contributed by atoms with van der Waals surface area (Å²) in [5, 5.41) is 0. The molecule has 2 aliphatic carbocycles. The molecule has 0 N–H and O–H groups in total. The van der Waals surface area contributed by atoms with Crippen LogP contribution in [0.25, 0.3) is 0 Å². The highest BCUT2D eigenvalue weighted by molar-refractivity contribution is 7.89. The fraction of sp³-hybridized carbons (Fsp3) is 1.00. The second-order valence-electron chi connectivity index (χ2n) is 8.78. The summed E-state index contributed by atoms with van der Waals surface area (Å²) < 4.78 is 39.1. The standard InChI is InChI=1S/C18H32N2O4S/c1-17(2)15-3-4-18(17,16(13-15)19-5-9-23-10-6-19)14-25(21,22)20-7-11-24-12-8-20/h15-16H,3-14H2,1-2H3/t15-,16-,18-/m1/s1. The van der Waals surface area contributed by atoms with E-state index < -0.39 is 10.0 Å². The van der Waals surface area contributed by atoms with E-state index in [0.717, 1.165) is 39.1 Å². The minimum atomic E-state index is -3.26. The van der Waals surface area contributed by atoms with Crippen molar-refractivity contribution in [3.63, 3.8) is 0 Å². The molecule has 0 spiro atoms. The molecule has 25 heavy (non-hydrogen) atoms. The summed E-state index contributed by atoms with van der Waals surface area (Å²) >= 11 is 0. The van der Waals surface area contributed by atoms with Crippen molar-refractivity contribution >= 4 is 10.0 Å². The molecular weight excluding hydrogens is 340 g/mol.